The monoisotopic (exact) mass is 435 g/mol. The van der Waals surface area contributed by atoms with E-state index in [1.807, 2.05) is 0 Å². The highest BCUT2D eigenvalue weighted by Crippen LogP contribution is 2.27. The van der Waals surface area contributed by atoms with E-state index in [4.69, 9.17) is 0 Å². The predicted molar refractivity (Wildman–Crippen MR) is 110 cm³/mol. The number of nitro benzene ring substituents is 1. The van der Waals surface area contributed by atoms with E-state index in [0.29, 0.717) is 5.69 Å². The molecule has 12 heteroatoms. The predicted octanol–water partition coefficient (Wildman–Crippen LogP) is 0.986. The minimum absolute atomic E-state index is 0.00663. The van der Waals surface area contributed by atoms with Gasteiger partial charge < -0.3 is 4.90 Å². The zero-order valence-corrected chi connectivity index (χ0v) is 17.6. The zero-order chi connectivity index (χ0) is 22.6. The molecule has 0 aliphatic heterocycles. The maximum atomic E-state index is 12.3. The van der Waals surface area contributed by atoms with Crippen LogP contribution in [0.15, 0.2) is 47.4 Å². The third kappa shape index (κ3) is 4.90. The number of amides is 2. The van der Waals surface area contributed by atoms with Crippen molar-refractivity contribution in [2.45, 2.75) is 4.90 Å². The van der Waals surface area contributed by atoms with Gasteiger partial charge in [-0.3, -0.25) is 30.6 Å². The van der Waals surface area contributed by atoms with Crippen molar-refractivity contribution in [1.29, 1.82) is 0 Å². The second kappa shape index (κ2) is 8.88. The second-order valence-corrected chi connectivity index (χ2v) is 8.73. The fraction of sp³-hybridized carbons (Fsp3) is 0.222. The summed E-state index contributed by atoms with van der Waals surface area (Å²) in [6.45, 7) is 0. The lowest BCUT2D eigenvalue weighted by Gasteiger charge is -2.14. The molecule has 2 aromatic carbocycles. The number of hydrogen-bond acceptors (Lipinski definition) is 7. The van der Waals surface area contributed by atoms with E-state index in [1.165, 1.54) is 55.4 Å². The van der Waals surface area contributed by atoms with Gasteiger partial charge in [-0.25, -0.2) is 12.7 Å². The number of nitro groups is 1. The number of carbonyl (C=O) groups is 2. The summed E-state index contributed by atoms with van der Waals surface area (Å²) in [6.07, 6.45) is 0. The molecule has 0 fully saturated rings. The van der Waals surface area contributed by atoms with Crippen LogP contribution in [0.2, 0.25) is 0 Å². The van der Waals surface area contributed by atoms with Crippen LogP contribution in [0, 0.1) is 10.1 Å². The number of benzene rings is 2. The van der Waals surface area contributed by atoms with Crippen molar-refractivity contribution in [3.63, 3.8) is 0 Å². The fourth-order valence-corrected chi connectivity index (χ4v) is 3.40. The largest absolute Gasteiger partial charge is 0.372 e. The topological polar surface area (TPSA) is 142 Å². The van der Waals surface area contributed by atoms with Gasteiger partial charge in [0.1, 0.15) is 5.69 Å². The molecule has 2 N–H and O–H groups in total. The van der Waals surface area contributed by atoms with Gasteiger partial charge in [0, 0.05) is 45.4 Å². The molecule has 0 bridgehead atoms. The average Bonchev–Trinajstić information content (AvgIpc) is 2.71. The van der Waals surface area contributed by atoms with E-state index in [0.717, 1.165) is 10.4 Å². The lowest BCUT2D eigenvalue weighted by Crippen LogP contribution is -2.41. The molecule has 0 unspecified atom stereocenters. The Bertz CT molecular complexity index is 1100. The van der Waals surface area contributed by atoms with Gasteiger partial charge in [0.15, 0.2) is 0 Å². The molecular formula is C18H21N5O6S. The first-order valence-electron chi connectivity index (χ1n) is 8.54. The van der Waals surface area contributed by atoms with Crippen molar-refractivity contribution in [3.05, 3.63) is 63.7 Å². The molecule has 0 saturated heterocycles. The SMILES string of the molecule is CN(C)c1ccc(C(=O)NNC(=O)c2cccc(S(=O)(=O)N(C)C)c2)cc1[N+](=O)[O-]. The molecule has 2 amide bonds. The molecule has 0 radical (unpaired) electrons. The minimum Gasteiger partial charge on any atom is -0.372 e. The van der Waals surface area contributed by atoms with E-state index in [2.05, 4.69) is 10.9 Å². The number of rotatable bonds is 6. The number of anilines is 1. The summed E-state index contributed by atoms with van der Waals surface area (Å²) in [7, 11) is 2.26. The van der Waals surface area contributed by atoms with Gasteiger partial charge in [-0.2, -0.15) is 0 Å². The highest BCUT2D eigenvalue weighted by atomic mass is 32.2. The van der Waals surface area contributed by atoms with Gasteiger partial charge in [-0.1, -0.05) is 6.07 Å². The van der Waals surface area contributed by atoms with Gasteiger partial charge in [0.25, 0.3) is 17.5 Å². The highest BCUT2D eigenvalue weighted by Gasteiger charge is 2.21. The number of carbonyl (C=O) groups excluding carboxylic acids is 2. The average molecular weight is 435 g/mol. The second-order valence-electron chi connectivity index (χ2n) is 6.58. The van der Waals surface area contributed by atoms with Gasteiger partial charge in [-0.15, -0.1) is 0 Å². The van der Waals surface area contributed by atoms with Crippen molar-refractivity contribution in [1.82, 2.24) is 15.2 Å². The maximum Gasteiger partial charge on any atom is 0.293 e. The molecule has 2 aromatic rings. The van der Waals surface area contributed by atoms with Gasteiger partial charge >= 0.3 is 0 Å². The first-order chi connectivity index (χ1) is 13.9. The van der Waals surface area contributed by atoms with Crippen molar-refractivity contribution >= 4 is 33.2 Å². The van der Waals surface area contributed by atoms with E-state index in [9.17, 15) is 28.1 Å². The first kappa shape index (κ1) is 22.8. The molecule has 2 rings (SSSR count). The summed E-state index contributed by atoms with van der Waals surface area (Å²) in [5, 5.41) is 11.2. The molecule has 30 heavy (non-hydrogen) atoms. The lowest BCUT2D eigenvalue weighted by molar-refractivity contribution is -0.384. The van der Waals surface area contributed by atoms with Gasteiger partial charge in [-0.05, 0) is 30.3 Å². The van der Waals surface area contributed by atoms with Crippen molar-refractivity contribution < 1.29 is 22.9 Å². The van der Waals surface area contributed by atoms with Gasteiger partial charge in [0.05, 0.1) is 9.82 Å². The highest BCUT2D eigenvalue weighted by molar-refractivity contribution is 7.89. The Morgan fingerprint density at radius 3 is 2.00 bits per heavy atom. The van der Waals surface area contributed by atoms with Crippen molar-refractivity contribution in [2.75, 3.05) is 33.1 Å². The standard InChI is InChI=1S/C18H21N5O6S/c1-21(2)15-9-8-13(11-16(15)23(26)27)18(25)20-19-17(24)12-6-5-7-14(10-12)30(28,29)22(3)4/h5-11H,1-4H3,(H,19,24)(H,20,25). The Hall–Kier alpha value is -3.51. The molecule has 0 spiro atoms. The van der Waals surface area contributed by atoms with Crippen molar-refractivity contribution in [3.8, 4) is 0 Å². The normalized spacial score (nSPS) is 11.1. The lowest BCUT2D eigenvalue weighted by atomic mass is 10.1. The van der Waals surface area contributed by atoms with Crippen LogP contribution in [0.5, 0.6) is 0 Å². The van der Waals surface area contributed by atoms with Crippen LogP contribution in [-0.2, 0) is 10.0 Å². The smallest absolute Gasteiger partial charge is 0.293 e. The molecule has 11 nitrogen and oxygen atoms in total. The number of nitrogens with one attached hydrogen (secondary N) is 2. The summed E-state index contributed by atoms with van der Waals surface area (Å²) in [4.78, 5) is 36.7. The summed E-state index contributed by atoms with van der Waals surface area (Å²) in [6, 6.07) is 9.20. The van der Waals surface area contributed by atoms with Gasteiger partial charge in [0.2, 0.25) is 10.0 Å². The summed E-state index contributed by atoms with van der Waals surface area (Å²) in [5.74, 6) is -1.52. The molecule has 0 saturated carbocycles. The summed E-state index contributed by atoms with van der Waals surface area (Å²) >= 11 is 0. The molecule has 0 aromatic heterocycles. The fourth-order valence-electron chi connectivity index (χ4n) is 2.46. The maximum absolute atomic E-state index is 12.3. The Labute approximate surface area is 173 Å². The van der Waals surface area contributed by atoms with E-state index in [-0.39, 0.29) is 21.7 Å². The summed E-state index contributed by atoms with van der Waals surface area (Å²) < 4.78 is 25.4. The number of hydrogen-bond donors (Lipinski definition) is 2. The third-order valence-corrected chi connectivity index (χ3v) is 5.89. The van der Waals surface area contributed by atoms with E-state index < -0.39 is 26.8 Å². The molecule has 0 aliphatic rings. The summed E-state index contributed by atoms with van der Waals surface area (Å²) in [5.41, 5.74) is 4.35. The first-order valence-corrected chi connectivity index (χ1v) is 9.98. The minimum atomic E-state index is -3.73. The Morgan fingerprint density at radius 1 is 0.933 bits per heavy atom. The molecule has 160 valence electrons. The van der Waals surface area contributed by atoms with Crippen LogP contribution >= 0.6 is 0 Å². The Morgan fingerprint density at radius 2 is 1.50 bits per heavy atom. The Balaban J connectivity index is 2.16. The Kier molecular flexibility index (Phi) is 6.74. The number of hydrazine groups is 1. The van der Waals surface area contributed by atoms with Crippen LogP contribution in [0.3, 0.4) is 0 Å². The zero-order valence-electron chi connectivity index (χ0n) is 16.7. The van der Waals surface area contributed by atoms with Crippen molar-refractivity contribution in [2.24, 2.45) is 0 Å². The quantitative estimate of drug-likeness (QED) is 0.509. The molecular weight excluding hydrogens is 414 g/mol. The molecule has 0 atom stereocenters. The van der Waals surface area contributed by atoms with Crippen LogP contribution < -0.4 is 15.8 Å². The van der Waals surface area contributed by atoms with Crippen LogP contribution in [-0.4, -0.2) is 57.7 Å². The van der Waals surface area contributed by atoms with Crippen LogP contribution in [0.1, 0.15) is 20.7 Å². The number of sulfonamides is 1. The van der Waals surface area contributed by atoms with E-state index in [1.54, 1.807) is 14.1 Å². The number of nitrogens with zero attached hydrogens (tertiary/aromatic N) is 3. The molecule has 0 aliphatic carbocycles. The third-order valence-electron chi connectivity index (χ3n) is 4.08. The van der Waals surface area contributed by atoms with Crippen LogP contribution in [0.25, 0.3) is 0 Å². The van der Waals surface area contributed by atoms with E-state index >= 15 is 0 Å². The molecule has 0 heterocycles. The van der Waals surface area contributed by atoms with Crippen LogP contribution in [0.4, 0.5) is 11.4 Å².